The van der Waals surface area contributed by atoms with Crippen LogP contribution in [0.15, 0.2) is 24.3 Å². The molecule has 0 spiro atoms. The summed E-state index contributed by atoms with van der Waals surface area (Å²) in [6, 6.07) is 7.55. The average Bonchev–Trinajstić information content (AvgIpc) is 2.25. The van der Waals surface area contributed by atoms with Gasteiger partial charge in [-0.2, -0.15) is 0 Å². The largest absolute Gasteiger partial charge is 0.423 e. The summed E-state index contributed by atoms with van der Waals surface area (Å²) in [5, 5.41) is 0. The van der Waals surface area contributed by atoms with E-state index in [0.717, 1.165) is 18.7 Å². The van der Waals surface area contributed by atoms with Crippen molar-refractivity contribution in [3.63, 3.8) is 0 Å². The van der Waals surface area contributed by atoms with Gasteiger partial charge >= 0.3 is 5.97 Å². The van der Waals surface area contributed by atoms with Crippen LogP contribution >= 0.6 is 11.6 Å². The molecule has 0 saturated carbocycles. The van der Waals surface area contributed by atoms with Crippen LogP contribution in [0.2, 0.25) is 0 Å². The quantitative estimate of drug-likeness (QED) is 0.448. The molecule has 3 nitrogen and oxygen atoms in total. The van der Waals surface area contributed by atoms with Gasteiger partial charge in [0.05, 0.1) is 5.69 Å². The van der Waals surface area contributed by atoms with E-state index >= 15 is 0 Å². The molecule has 0 atom stereocenters. The zero-order valence-electron chi connectivity index (χ0n) is 8.28. The molecule has 0 fully saturated rings. The van der Waals surface area contributed by atoms with Gasteiger partial charge in [0.25, 0.3) is 0 Å². The molecule has 0 N–H and O–H groups in total. The van der Waals surface area contributed by atoms with Gasteiger partial charge in [-0.3, -0.25) is 0 Å². The Balaban J connectivity index is 2.22. The Kier molecular flexibility index (Phi) is 3.11. The summed E-state index contributed by atoms with van der Waals surface area (Å²) in [7, 11) is 0. The predicted molar refractivity (Wildman–Crippen MR) is 59.6 cm³/mol. The molecule has 2 rings (SSSR count). The van der Waals surface area contributed by atoms with Crippen molar-refractivity contribution in [2.75, 3.05) is 23.9 Å². The standard InChI is InChI=1S/C11H12ClNO2/c12-6-3-7-13-8-11(14)15-10-5-2-1-4-9(10)13/h1-2,4-5H,3,6-8H2. The number of rotatable bonds is 3. The third-order valence-electron chi connectivity index (χ3n) is 2.31. The predicted octanol–water partition coefficient (Wildman–Crippen LogP) is 2.04. The van der Waals surface area contributed by atoms with Crippen molar-refractivity contribution >= 4 is 23.3 Å². The molecule has 0 saturated heterocycles. The van der Waals surface area contributed by atoms with Crippen molar-refractivity contribution in [1.29, 1.82) is 0 Å². The fourth-order valence-corrected chi connectivity index (χ4v) is 1.77. The summed E-state index contributed by atoms with van der Waals surface area (Å²) >= 11 is 5.64. The number of esters is 1. The van der Waals surface area contributed by atoms with Gasteiger partial charge in [0.2, 0.25) is 0 Å². The van der Waals surface area contributed by atoms with Crippen LogP contribution in [0.3, 0.4) is 0 Å². The van der Waals surface area contributed by atoms with Gasteiger partial charge in [0, 0.05) is 12.4 Å². The lowest BCUT2D eigenvalue weighted by molar-refractivity contribution is -0.133. The Morgan fingerprint density at radius 3 is 3.00 bits per heavy atom. The molecule has 0 radical (unpaired) electrons. The molecule has 0 bridgehead atoms. The minimum absolute atomic E-state index is 0.205. The third kappa shape index (κ3) is 2.23. The van der Waals surface area contributed by atoms with Gasteiger partial charge in [-0.05, 0) is 18.6 Å². The van der Waals surface area contributed by atoms with Crippen LogP contribution in [-0.2, 0) is 4.79 Å². The van der Waals surface area contributed by atoms with Gasteiger partial charge in [0.15, 0.2) is 5.75 Å². The molecule has 0 aliphatic carbocycles. The summed E-state index contributed by atoms with van der Waals surface area (Å²) in [5.41, 5.74) is 0.974. The molecule has 1 aromatic rings. The van der Waals surface area contributed by atoms with E-state index in [1.165, 1.54) is 0 Å². The smallest absolute Gasteiger partial charge is 0.331 e. The number of fused-ring (bicyclic) bond motifs is 1. The Morgan fingerprint density at radius 1 is 1.40 bits per heavy atom. The van der Waals surface area contributed by atoms with Gasteiger partial charge < -0.3 is 9.64 Å². The molecule has 15 heavy (non-hydrogen) atoms. The number of alkyl halides is 1. The Morgan fingerprint density at radius 2 is 2.20 bits per heavy atom. The number of para-hydroxylation sites is 2. The van der Waals surface area contributed by atoms with Crippen LogP contribution in [0.25, 0.3) is 0 Å². The molecule has 1 aliphatic heterocycles. The average molecular weight is 226 g/mol. The van der Waals surface area contributed by atoms with Crippen molar-refractivity contribution < 1.29 is 9.53 Å². The fourth-order valence-electron chi connectivity index (χ4n) is 1.65. The summed E-state index contributed by atoms with van der Waals surface area (Å²) in [6.07, 6.45) is 0.864. The summed E-state index contributed by atoms with van der Waals surface area (Å²) < 4.78 is 5.13. The van der Waals surface area contributed by atoms with Crippen LogP contribution < -0.4 is 9.64 Å². The maximum Gasteiger partial charge on any atom is 0.331 e. The molecule has 80 valence electrons. The first-order chi connectivity index (χ1) is 7.31. The van der Waals surface area contributed by atoms with E-state index in [0.29, 0.717) is 18.2 Å². The number of hydrogen-bond donors (Lipinski definition) is 0. The lowest BCUT2D eigenvalue weighted by Gasteiger charge is -2.29. The topological polar surface area (TPSA) is 29.5 Å². The SMILES string of the molecule is O=C1CN(CCCCl)c2ccccc2O1. The van der Waals surface area contributed by atoms with E-state index in [4.69, 9.17) is 16.3 Å². The second-order valence-electron chi connectivity index (χ2n) is 3.41. The van der Waals surface area contributed by atoms with Gasteiger partial charge in [-0.1, -0.05) is 12.1 Å². The number of carbonyl (C=O) groups excluding carboxylic acids is 1. The van der Waals surface area contributed by atoms with E-state index in [1.54, 1.807) is 6.07 Å². The highest BCUT2D eigenvalue weighted by molar-refractivity contribution is 6.17. The second kappa shape index (κ2) is 4.53. The minimum Gasteiger partial charge on any atom is -0.423 e. The highest BCUT2D eigenvalue weighted by atomic mass is 35.5. The Labute approximate surface area is 93.6 Å². The lowest BCUT2D eigenvalue weighted by atomic mass is 10.2. The molecular formula is C11H12ClNO2. The fraction of sp³-hybridized carbons (Fsp3) is 0.364. The van der Waals surface area contributed by atoms with Crippen LogP contribution in [0.4, 0.5) is 5.69 Å². The van der Waals surface area contributed by atoms with Crippen molar-refractivity contribution in [3.8, 4) is 5.75 Å². The zero-order chi connectivity index (χ0) is 10.7. The van der Waals surface area contributed by atoms with Crippen LogP contribution in [0, 0.1) is 0 Å². The van der Waals surface area contributed by atoms with Crippen molar-refractivity contribution in [2.24, 2.45) is 0 Å². The number of halogens is 1. The third-order valence-corrected chi connectivity index (χ3v) is 2.58. The maximum atomic E-state index is 11.3. The number of nitrogens with zero attached hydrogens (tertiary/aromatic N) is 1. The summed E-state index contributed by atoms with van der Waals surface area (Å²) in [5.74, 6) is 1.04. The first kappa shape index (κ1) is 10.3. The van der Waals surface area contributed by atoms with E-state index in [1.807, 2.05) is 23.1 Å². The molecule has 0 unspecified atom stereocenters. The molecule has 4 heteroatoms. The van der Waals surface area contributed by atoms with E-state index in [2.05, 4.69) is 0 Å². The molecule has 1 aromatic carbocycles. The van der Waals surface area contributed by atoms with Crippen LogP contribution in [0.1, 0.15) is 6.42 Å². The van der Waals surface area contributed by atoms with Gasteiger partial charge in [-0.25, -0.2) is 4.79 Å². The Bertz CT molecular complexity index is 367. The summed E-state index contributed by atoms with van der Waals surface area (Å²) in [6.45, 7) is 1.10. The number of carbonyl (C=O) groups is 1. The molecule has 1 heterocycles. The normalized spacial score (nSPS) is 14.7. The van der Waals surface area contributed by atoms with E-state index in [-0.39, 0.29) is 5.97 Å². The van der Waals surface area contributed by atoms with Gasteiger partial charge in [-0.15, -0.1) is 11.6 Å². The monoisotopic (exact) mass is 225 g/mol. The molecule has 0 amide bonds. The number of anilines is 1. The number of hydrogen-bond acceptors (Lipinski definition) is 3. The van der Waals surface area contributed by atoms with Crippen molar-refractivity contribution in [1.82, 2.24) is 0 Å². The highest BCUT2D eigenvalue weighted by Crippen LogP contribution is 2.31. The van der Waals surface area contributed by atoms with Crippen molar-refractivity contribution in [3.05, 3.63) is 24.3 Å². The molecular weight excluding hydrogens is 214 g/mol. The molecule has 1 aliphatic rings. The first-order valence-corrected chi connectivity index (χ1v) is 5.45. The highest BCUT2D eigenvalue weighted by Gasteiger charge is 2.22. The van der Waals surface area contributed by atoms with E-state index < -0.39 is 0 Å². The lowest BCUT2D eigenvalue weighted by Crippen LogP contribution is -2.37. The minimum atomic E-state index is -0.205. The number of ether oxygens (including phenoxy) is 1. The summed E-state index contributed by atoms with van der Waals surface area (Å²) in [4.78, 5) is 13.3. The first-order valence-electron chi connectivity index (χ1n) is 4.92. The second-order valence-corrected chi connectivity index (χ2v) is 3.78. The van der Waals surface area contributed by atoms with Gasteiger partial charge in [0.1, 0.15) is 6.54 Å². The zero-order valence-corrected chi connectivity index (χ0v) is 9.04. The van der Waals surface area contributed by atoms with Crippen molar-refractivity contribution in [2.45, 2.75) is 6.42 Å². The Hall–Kier alpha value is -1.22. The maximum absolute atomic E-state index is 11.3. The number of benzene rings is 1. The van der Waals surface area contributed by atoms with Crippen LogP contribution in [-0.4, -0.2) is 24.9 Å². The van der Waals surface area contributed by atoms with E-state index in [9.17, 15) is 4.79 Å². The molecule has 0 aromatic heterocycles. The van der Waals surface area contributed by atoms with Crippen LogP contribution in [0.5, 0.6) is 5.75 Å².